The third-order valence-electron chi connectivity index (χ3n) is 6.15. The first-order chi connectivity index (χ1) is 14.0. The second-order valence-corrected chi connectivity index (χ2v) is 12.0. The van der Waals surface area contributed by atoms with Crippen molar-refractivity contribution in [3.63, 3.8) is 0 Å². The Kier molecular flexibility index (Phi) is 5.10. The van der Waals surface area contributed by atoms with Crippen LogP contribution in [0.5, 0.6) is 0 Å². The molecule has 3 aromatic carbocycles. The molecule has 0 aliphatic carbocycles. The monoisotopic (exact) mass is 414 g/mol. The largest absolute Gasteiger partial charge is 0.134 e. The lowest BCUT2D eigenvalue weighted by Gasteiger charge is -2.26. The molecule has 4 rings (SSSR count). The van der Waals surface area contributed by atoms with Crippen molar-refractivity contribution < 1.29 is 0 Å². The lowest BCUT2D eigenvalue weighted by molar-refractivity contribution is 0.569. The van der Waals surface area contributed by atoms with E-state index in [4.69, 9.17) is 0 Å². The van der Waals surface area contributed by atoms with Crippen molar-refractivity contribution in [2.24, 2.45) is 0 Å². The van der Waals surface area contributed by atoms with Crippen molar-refractivity contribution in [3.8, 4) is 11.1 Å². The predicted octanol–water partition coefficient (Wildman–Crippen LogP) is 9.44. The zero-order chi connectivity index (χ0) is 21.8. The Balaban J connectivity index is 2.05. The molecule has 1 heteroatoms. The fraction of sp³-hybridized carbons (Fsp3) is 0.379. The highest BCUT2D eigenvalue weighted by atomic mass is 32.1. The van der Waals surface area contributed by atoms with Gasteiger partial charge in [-0.25, -0.2) is 0 Å². The summed E-state index contributed by atoms with van der Waals surface area (Å²) in [5.74, 6) is 0.530. The Bertz CT molecular complexity index is 1190. The normalized spacial score (nSPS) is 13.0. The van der Waals surface area contributed by atoms with Gasteiger partial charge in [-0.2, -0.15) is 0 Å². The smallest absolute Gasteiger partial charge is 0.0433 e. The van der Waals surface area contributed by atoms with Crippen LogP contribution in [0, 0.1) is 0 Å². The van der Waals surface area contributed by atoms with Crippen LogP contribution < -0.4 is 0 Å². The molecule has 0 spiro atoms. The molecule has 30 heavy (non-hydrogen) atoms. The van der Waals surface area contributed by atoms with Gasteiger partial charge >= 0.3 is 0 Å². The molecule has 0 amide bonds. The van der Waals surface area contributed by atoms with Gasteiger partial charge in [-0.15, -0.1) is 11.3 Å². The number of hydrogen-bond acceptors (Lipinski definition) is 1. The zero-order valence-corrected chi connectivity index (χ0v) is 20.5. The first-order valence-electron chi connectivity index (χ1n) is 11.1. The fourth-order valence-corrected chi connectivity index (χ4v) is 5.67. The van der Waals surface area contributed by atoms with Gasteiger partial charge in [0.05, 0.1) is 0 Å². The minimum atomic E-state index is 0.120. The molecular weight excluding hydrogens is 380 g/mol. The van der Waals surface area contributed by atoms with Crippen molar-refractivity contribution in [2.75, 3.05) is 0 Å². The molecule has 0 saturated heterocycles. The Morgan fingerprint density at radius 2 is 1.20 bits per heavy atom. The van der Waals surface area contributed by atoms with Gasteiger partial charge in [-0.05, 0) is 44.6 Å². The van der Waals surface area contributed by atoms with E-state index in [9.17, 15) is 0 Å². The zero-order valence-electron chi connectivity index (χ0n) is 19.7. The van der Waals surface area contributed by atoms with Gasteiger partial charge in [-0.1, -0.05) is 110 Å². The number of benzene rings is 3. The molecule has 0 aliphatic rings. The average molecular weight is 415 g/mol. The van der Waals surface area contributed by atoms with E-state index in [1.807, 2.05) is 11.3 Å². The van der Waals surface area contributed by atoms with Gasteiger partial charge in [0.25, 0.3) is 0 Å². The maximum absolute atomic E-state index is 2.41. The second kappa shape index (κ2) is 7.24. The van der Waals surface area contributed by atoms with Crippen LogP contribution in [-0.2, 0) is 10.8 Å². The highest BCUT2D eigenvalue weighted by Crippen LogP contribution is 2.44. The molecule has 156 valence electrons. The maximum atomic E-state index is 2.41. The van der Waals surface area contributed by atoms with E-state index in [1.165, 1.54) is 48.0 Å². The first-order valence-corrected chi connectivity index (χ1v) is 11.9. The minimum absolute atomic E-state index is 0.120. The summed E-state index contributed by atoms with van der Waals surface area (Å²) in [6, 6.07) is 20.9. The SMILES string of the molecule is CC(C)c1cccc2c1sc1c(-c3cc(C(C)(C)C)cc(C(C)(C)C)c3)cccc12. The molecule has 0 atom stereocenters. The summed E-state index contributed by atoms with van der Waals surface area (Å²) in [5, 5.41) is 2.78. The van der Waals surface area contributed by atoms with Crippen LogP contribution in [0.15, 0.2) is 54.6 Å². The van der Waals surface area contributed by atoms with Crippen LogP contribution in [0.4, 0.5) is 0 Å². The van der Waals surface area contributed by atoms with E-state index in [1.54, 1.807) is 0 Å². The molecule has 0 N–H and O–H groups in total. The molecule has 0 fully saturated rings. The van der Waals surface area contributed by atoms with Crippen LogP contribution in [0.1, 0.15) is 78.0 Å². The van der Waals surface area contributed by atoms with Gasteiger partial charge in [0, 0.05) is 20.2 Å². The highest BCUT2D eigenvalue weighted by Gasteiger charge is 2.22. The van der Waals surface area contributed by atoms with Crippen LogP contribution in [0.2, 0.25) is 0 Å². The van der Waals surface area contributed by atoms with Gasteiger partial charge in [0.1, 0.15) is 0 Å². The van der Waals surface area contributed by atoms with Gasteiger partial charge < -0.3 is 0 Å². The number of thiophene rings is 1. The quantitative estimate of drug-likeness (QED) is 0.306. The summed E-state index contributed by atoms with van der Waals surface area (Å²) in [5.41, 5.74) is 7.22. The van der Waals surface area contributed by atoms with Gasteiger partial charge in [0.15, 0.2) is 0 Å². The Morgan fingerprint density at radius 1 is 0.667 bits per heavy atom. The van der Waals surface area contributed by atoms with Gasteiger partial charge in [-0.3, -0.25) is 0 Å². The lowest BCUT2D eigenvalue weighted by atomic mass is 9.79. The Hall–Kier alpha value is -2.12. The molecular formula is C29H34S. The van der Waals surface area contributed by atoms with E-state index in [-0.39, 0.29) is 10.8 Å². The standard InChI is InChI=1S/C29H34S/c1-18(2)22-11-9-13-24-25-14-10-12-23(27(25)30-26(22)24)19-15-20(28(3,4)5)17-21(16-19)29(6,7)8/h9-18H,1-8H3. The third kappa shape index (κ3) is 3.69. The van der Waals surface area contributed by atoms with Crippen molar-refractivity contribution in [3.05, 3.63) is 71.3 Å². The molecule has 0 nitrogen and oxygen atoms in total. The van der Waals surface area contributed by atoms with Crippen molar-refractivity contribution in [2.45, 2.75) is 72.1 Å². The van der Waals surface area contributed by atoms with Gasteiger partial charge in [0.2, 0.25) is 0 Å². The first kappa shape index (κ1) is 21.1. The molecule has 0 aliphatic heterocycles. The second-order valence-electron chi connectivity index (χ2n) is 11.0. The van der Waals surface area contributed by atoms with Crippen LogP contribution in [0.3, 0.4) is 0 Å². The summed E-state index contributed by atoms with van der Waals surface area (Å²) in [7, 11) is 0. The van der Waals surface area contributed by atoms with Crippen molar-refractivity contribution in [1.82, 2.24) is 0 Å². The van der Waals surface area contributed by atoms with E-state index in [0.29, 0.717) is 5.92 Å². The number of rotatable bonds is 2. The molecule has 0 saturated carbocycles. The number of hydrogen-bond donors (Lipinski definition) is 0. The summed E-state index contributed by atoms with van der Waals surface area (Å²) >= 11 is 1.96. The predicted molar refractivity (Wildman–Crippen MR) is 136 cm³/mol. The van der Waals surface area contributed by atoms with Crippen LogP contribution >= 0.6 is 11.3 Å². The third-order valence-corrected chi connectivity index (χ3v) is 7.46. The Labute approximate surface area is 186 Å². The highest BCUT2D eigenvalue weighted by molar-refractivity contribution is 7.26. The number of fused-ring (bicyclic) bond motifs is 3. The maximum Gasteiger partial charge on any atom is 0.0433 e. The molecule has 0 radical (unpaired) electrons. The summed E-state index contributed by atoms with van der Waals surface area (Å²) in [6.07, 6.45) is 0. The average Bonchev–Trinajstić information content (AvgIpc) is 3.04. The topological polar surface area (TPSA) is 0 Å². The van der Waals surface area contributed by atoms with E-state index in [0.717, 1.165) is 0 Å². The van der Waals surface area contributed by atoms with E-state index < -0.39 is 0 Å². The Morgan fingerprint density at radius 3 is 1.73 bits per heavy atom. The molecule has 0 bridgehead atoms. The van der Waals surface area contributed by atoms with E-state index in [2.05, 4.69) is 110 Å². The molecule has 1 aromatic heterocycles. The minimum Gasteiger partial charge on any atom is -0.134 e. The van der Waals surface area contributed by atoms with E-state index >= 15 is 0 Å². The summed E-state index contributed by atoms with van der Waals surface area (Å²) < 4.78 is 2.85. The van der Waals surface area contributed by atoms with Crippen molar-refractivity contribution in [1.29, 1.82) is 0 Å². The van der Waals surface area contributed by atoms with Crippen LogP contribution in [-0.4, -0.2) is 0 Å². The van der Waals surface area contributed by atoms with Crippen molar-refractivity contribution >= 4 is 31.5 Å². The molecule has 1 heterocycles. The lowest BCUT2D eigenvalue weighted by Crippen LogP contribution is -2.16. The summed E-state index contributed by atoms with van der Waals surface area (Å²) in [4.78, 5) is 0. The summed E-state index contributed by atoms with van der Waals surface area (Å²) in [6.45, 7) is 18.5. The fourth-order valence-electron chi connectivity index (χ4n) is 4.17. The molecule has 0 unspecified atom stereocenters. The van der Waals surface area contributed by atoms with Crippen LogP contribution in [0.25, 0.3) is 31.3 Å². The molecule has 4 aromatic rings.